The zero-order valence-electron chi connectivity index (χ0n) is 11.2. The molecule has 2 rings (SSSR count). The van der Waals surface area contributed by atoms with Crippen LogP contribution in [0.25, 0.3) is 0 Å². The maximum Gasteiger partial charge on any atom is 0.164 e. The number of hydrogen-bond acceptors (Lipinski definition) is 2. The van der Waals surface area contributed by atoms with Gasteiger partial charge in [0.1, 0.15) is 20.3 Å². The molecule has 1 heterocycles. The van der Waals surface area contributed by atoms with Crippen LogP contribution >= 0.6 is 0 Å². The third-order valence-electron chi connectivity index (χ3n) is 2.59. The Morgan fingerprint density at radius 1 is 1.24 bits per heavy atom. The SMILES string of the molecule is CC1(C)O[C@H]2C=CC=C(C#C[Si](C)(C)C)[C@H]2O1. The van der Waals surface area contributed by atoms with Crippen LogP contribution in [-0.4, -0.2) is 26.1 Å². The molecule has 0 amide bonds. The summed E-state index contributed by atoms with van der Waals surface area (Å²) in [5, 5.41) is 0. The molecule has 0 aromatic rings. The molecule has 1 aliphatic carbocycles. The molecule has 0 bridgehead atoms. The molecule has 0 aromatic carbocycles. The van der Waals surface area contributed by atoms with E-state index in [1.807, 2.05) is 32.1 Å². The van der Waals surface area contributed by atoms with Gasteiger partial charge >= 0.3 is 0 Å². The average Bonchev–Trinajstić information content (AvgIpc) is 2.47. The molecule has 2 aliphatic rings. The second-order valence-electron chi connectivity index (χ2n) is 6.03. The standard InChI is InChI=1S/C14H20O2Si/c1-14(2)15-12-8-6-7-11(13(12)16-14)9-10-17(3,4)5/h6-8,12-13H,1-5H3/t12-,13+/m0/s1. The lowest BCUT2D eigenvalue weighted by atomic mass is 10.0. The fourth-order valence-electron chi connectivity index (χ4n) is 1.91. The Hall–Kier alpha value is -0.823. The Labute approximate surface area is 105 Å². The van der Waals surface area contributed by atoms with Crippen molar-refractivity contribution in [3.05, 3.63) is 23.8 Å². The third-order valence-corrected chi connectivity index (χ3v) is 3.47. The van der Waals surface area contributed by atoms with Gasteiger partial charge < -0.3 is 9.47 Å². The highest BCUT2D eigenvalue weighted by Gasteiger charge is 2.42. The maximum atomic E-state index is 5.90. The first-order valence-electron chi connectivity index (χ1n) is 6.04. The molecule has 92 valence electrons. The zero-order chi connectivity index (χ0) is 12.7. The fourth-order valence-corrected chi connectivity index (χ4v) is 2.43. The van der Waals surface area contributed by atoms with Gasteiger partial charge in [-0.3, -0.25) is 0 Å². The third kappa shape index (κ3) is 3.10. The van der Waals surface area contributed by atoms with Crippen molar-refractivity contribution in [2.24, 2.45) is 0 Å². The molecule has 0 unspecified atom stereocenters. The summed E-state index contributed by atoms with van der Waals surface area (Å²) in [7, 11) is -1.34. The largest absolute Gasteiger partial charge is 0.340 e. The molecule has 2 atom stereocenters. The van der Waals surface area contributed by atoms with Crippen molar-refractivity contribution in [2.45, 2.75) is 51.5 Å². The summed E-state index contributed by atoms with van der Waals surface area (Å²) in [4.78, 5) is 0. The summed E-state index contributed by atoms with van der Waals surface area (Å²) in [5.41, 5.74) is 4.43. The van der Waals surface area contributed by atoms with E-state index >= 15 is 0 Å². The zero-order valence-corrected chi connectivity index (χ0v) is 12.2. The van der Waals surface area contributed by atoms with Crippen LogP contribution < -0.4 is 0 Å². The van der Waals surface area contributed by atoms with Crippen molar-refractivity contribution >= 4 is 8.07 Å². The summed E-state index contributed by atoms with van der Waals surface area (Å²) < 4.78 is 11.7. The maximum absolute atomic E-state index is 5.90. The Morgan fingerprint density at radius 2 is 1.94 bits per heavy atom. The van der Waals surface area contributed by atoms with E-state index in [4.69, 9.17) is 9.47 Å². The van der Waals surface area contributed by atoms with Gasteiger partial charge in [-0.05, 0) is 19.9 Å². The Kier molecular flexibility index (Phi) is 3.07. The normalized spacial score (nSPS) is 30.3. The topological polar surface area (TPSA) is 18.5 Å². The van der Waals surface area contributed by atoms with E-state index in [2.05, 4.69) is 31.1 Å². The Morgan fingerprint density at radius 3 is 2.59 bits per heavy atom. The lowest BCUT2D eigenvalue weighted by Crippen LogP contribution is -2.25. The monoisotopic (exact) mass is 248 g/mol. The molecule has 0 saturated carbocycles. The van der Waals surface area contributed by atoms with Crippen molar-refractivity contribution in [3.63, 3.8) is 0 Å². The van der Waals surface area contributed by atoms with Crippen molar-refractivity contribution < 1.29 is 9.47 Å². The van der Waals surface area contributed by atoms with E-state index in [0.29, 0.717) is 0 Å². The minimum atomic E-state index is -1.34. The summed E-state index contributed by atoms with van der Waals surface area (Å²) in [6.45, 7) is 10.6. The van der Waals surface area contributed by atoms with E-state index in [1.165, 1.54) is 0 Å². The van der Waals surface area contributed by atoms with Crippen LogP contribution in [0.1, 0.15) is 13.8 Å². The van der Waals surface area contributed by atoms with Crippen LogP contribution in [0.15, 0.2) is 23.8 Å². The number of allylic oxidation sites excluding steroid dienone is 2. The lowest BCUT2D eigenvalue weighted by Gasteiger charge is -2.17. The number of hydrogen-bond donors (Lipinski definition) is 0. The smallest absolute Gasteiger partial charge is 0.164 e. The molecule has 2 nitrogen and oxygen atoms in total. The van der Waals surface area contributed by atoms with Crippen LogP contribution in [0.4, 0.5) is 0 Å². The molecule has 3 heteroatoms. The molecule has 1 saturated heterocycles. The van der Waals surface area contributed by atoms with Crippen LogP contribution in [0, 0.1) is 11.5 Å². The van der Waals surface area contributed by atoms with E-state index in [1.54, 1.807) is 0 Å². The predicted octanol–water partition coefficient (Wildman–Crippen LogP) is 2.88. The van der Waals surface area contributed by atoms with Crippen molar-refractivity contribution in [1.29, 1.82) is 0 Å². The van der Waals surface area contributed by atoms with Gasteiger partial charge in [0.25, 0.3) is 0 Å². The highest BCUT2D eigenvalue weighted by atomic mass is 28.3. The first-order chi connectivity index (χ1) is 7.77. The summed E-state index contributed by atoms with van der Waals surface area (Å²) in [6.07, 6.45) is 6.08. The highest BCUT2D eigenvalue weighted by molar-refractivity contribution is 6.83. The minimum Gasteiger partial charge on any atom is -0.340 e. The predicted molar refractivity (Wildman–Crippen MR) is 72.2 cm³/mol. The highest BCUT2D eigenvalue weighted by Crippen LogP contribution is 2.34. The second-order valence-corrected chi connectivity index (χ2v) is 10.8. The van der Waals surface area contributed by atoms with Gasteiger partial charge in [-0.2, -0.15) is 0 Å². The molecule has 17 heavy (non-hydrogen) atoms. The minimum absolute atomic E-state index is 0.0148. The summed E-state index contributed by atoms with van der Waals surface area (Å²) in [5.74, 6) is 2.78. The van der Waals surface area contributed by atoms with Gasteiger partial charge in [0.15, 0.2) is 5.79 Å². The molecular formula is C14H20O2Si. The second kappa shape index (κ2) is 4.13. The number of ether oxygens (including phenoxy) is 2. The van der Waals surface area contributed by atoms with Crippen molar-refractivity contribution in [1.82, 2.24) is 0 Å². The first-order valence-corrected chi connectivity index (χ1v) is 9.54. The average molecular weight is 248 g/mol. The molecule has 1 aliphatic heterocycles. The van der Waals surface area contributed by atoms with Gasteiger partial charge in [0, 0.05) is 5.57 Å². The Bertz CT molecular complexity index is 429. The van der Waals surface area contributed by atoms with E-state index in [0.717, 1.165) is 5.57 Å². The molecule has 0 N–H and O–H groups in total. The van der Waals surface area contributed by atoms with Gasteiger partial charge in [0.05, 0.1) is 0 Å². The molecule has 0 radical (unpaired) electrons. The van der Waals surface area contributed by atoms with Crippen LogP contribution in [-0.2, 0) is 9.47 Å². The van der Waals surface area contributed by atoms with Gasteiger partial charge in [-0.25, -0.2) is 0 Å². The van der Waals surface area contributed by atoms with E-state index in [9.17, 15) is 0 Å². The molecular weight excluding hydrogens is 228 g/mol. The number of rotatable bonds is 0. The van der Waals surface area contributed by atoms with Gasteiger partial charge in [0.2, 0.25) is 0 Å². The van der Waals surface area contributed by atoms with E-state index < -0.39 is 13.9 Å². The Balaban J connectivity index is 2.21. The first kappa shape index (κ1) is 12.6. The van der Waals surface area contributed by atoms with Crippen LogP contribution in [0.3, 0.4) is 0 Å². The van der Waals surface area contributed by atoms with Crippen LogP contribution in [0.5, 0.6) is 0 Å². The van der Waals surface area contributed by atoms with Crippen molar-refractivity contribution in [3.8, 4) is 11.5 Å². The van der Waals surface area contributed by atoms with E-state index in [-0.39, 0.29) is 12.2 Å². The summed E-state index contributed by atoms with van der Waals surface area (Å²) >= 11 is 0. The van der Waals surface area contributed by atoms with Crippen molar-refractivity contribution in [2.75, 3.05) is 0 Å². The van der Waals surface area contributed by atoms with Gasteiger partial charge in [-0.15, -0.1) is 5.54 Å². The lowest BCUT2D eigenvalue weighted by molar-refractivity contribution is -0.139. The summed E-state index contributed by atoms with van der Waals surface area (Å²) in [6, 6.07) is 0. The number of fused-ring (bicyclic) bond motifs is 1. The fraction of sp³-hybridized carbons (Fsp3) is 0.571. The molecule has 0 aromatic heterocycles. The molecule has 0 spiro atoms. The molecule has 1 fully saturated rings. The van der Waals surface area contributed by atoms with Gasteiger partial charge in [-0.1, -0.05) is 37.7 Å². The van der Waals surface area contributed by atoms with Crippen LogP contribution in [0.2, 0.25) is 19.6 Å². The quantitative estimate of drug-likeness (QED) is 0.485.